The van der Waals surface area contributed by atoms with E-state index in [1.807, 2.05) is 0 Å². The van der Waals surface area contributed by atoms with E-state index in [0.29, 0.717) is 0 Å². The molecule has 0 rings (SSSR count). The Kier molecular flexibility index (Phi) is 12.9. The molecule has 0 aliphatic carbocycles. The Hall–Kier alpha value is 0.354. The van der Waals surface area contributed by atoms with Crippen molar-refractivity contribution < 1.29 is 0 Å². The lowest BCUT2D eigenvalue weighted by Crippen LogP contribution is -2.65. The molecule has 0 aliphatic heterocycles. The van der Waals surface area contributed by atoms with Crippen LogP contribution in [0.4, 0.5) is 0 Å². The molecular weight excluding hydrogens is 300 g/mol. The molecule has 0 saturated carbocycles. The summed E-state index contributed by atoms with van der Waals surface area (Å²) in [5.74, 6) is 0. The van der Waals surface area contributed by atoms with Crippen LogP contribution in [0.3, 0.4) is 0 Å². The van der Waals surface area contributed by atoms with Gasteiger partial charge in [-0.15, -0.1) is 0 Å². The van der Waals surface area contributed by atoms with Gasteiger partial charge in [0.25, 0.3) is 0 Å². The van der Waals surface area contributed by atoms with Gasteiger partial charge in [-0.05, 0) is 36.3 Å². The highest BCUT2D eigenvalue weighted by atomic mass is 28.3. The molecule has 0 aromatic heterocycles. The Morgan fingerprint density at radius 2 is 0.591 bits per heavy atom. The lowest BCUT2D eigenvalue weighted by atomic mass is 10.5. The van der Waals surface area contributed by atoms with Gasteiger partial charge in [0.05, 0.1) is 0 Å². The van der Waals surface area contributed by atoms with Crippen LogP contribution in [0, 0.1) is 0 Å². The standard InChI is InChI=1S/C18H44N2Si2/c1-7-13-21(14-8-2,15-9-3)19-20-22(16-10-4,17-11-5)18-12-6/h19-20H,7-18H2,1-6H3. The minimum absolute atomic E-state index is 1.32. The monoisotopic (exact) mass is 344 g/mol. The summed E-state index contributed by atoms with van der Waals surface area (Å²) in [6.07, 6.45) is 8.03. The molecule has 0 saturated heterocycles. The van der Waals surface area contributed by atoms with Gasteiger partial charge in [-0.3, -0.25) is 10.2 Å². The minimum Gasteiger partial charge on any atom is -0.285 e. The highest BCUT2D eigenvalue weighted by Gasteiger charge is 2.36. The van der Waals surface area contributed by atoms with Crippen LogP contribution in [-0.4, -0.2) is 16.5 Å². The Morgan fingerprint density at radius 3 is 0.727 bits per heavy atom. The van der Waals surface area contributed by atoms with E-state index in [1.54, 1.807) is 0 Å². The van der Waals surface area contributed by atoms with Crippen molar-refractivity contribution in [3.63, 3.8) is 0 Å². The summed E-state index contributed by atoms with van der Waals surface area (Å²) in [4.78, 5) is 0. The first-order valence-electron chi connectivity index (χ1n) is 10.1. The summed E-state index contributed by atoms with van der Waals surface area (Å²) < 4.78 is 0. The summed E-state index contributed by atoms with van der Waals surface area (Å²) in [6.45, 7) is 14.2. The maximum atomic E-state index is 4.08. The molecule has 0 heterocycles. The lowest BCUT2D eigenvalue weighted by Gasteiger charge is -2.40. The van der Waals surface area contributed by atoms with Gasteiger partial charge in [0.15, 0.2) is 0 Å². The van der Waals surface area contributed by atoms with Crippen molar-refractivity contribution in [1.82, 2.24) is 10.2 Å². The van der Waals surface area contributed by atoms with Crippen molar-refractivity contribution in [1.29, 1.82) is 0 Å². The third-order valence-corrected chi connectivity index (χ3v) is 15.3. The molecule has 0 amide bonds. The fourth-order valence-electron chi connectivity index (χ4n) is 4.26. The zero-order valence-electron chi connectivity index (χ0n) is 16.5. The van der Waals surface area contributed by atoms with Gasteiger partial charge < -0.3 is 0 Å². The van der Waals surface area contributed by atoms with Gasteiger partial charge in [-0.25, -0.2) is 0 Å². The fraction of sp³-hybridized carbons (Fsp3) is 1.00. The first kappa shape index (κ1) is 22.4. The number of hydrogen-bond donors (Lipinski definition) is 2. The molecule has 0 unspecified atom stereocenters. The number of hydrazine groups is 1. The summed E-state index contributed by atoms with van der Waals surface area (Å²) >= 11 is 0. The van der Waals surface area contributed by atoms with Crippen LogP contribution >= 0.6 is 0 Å². The zero-order valence-corrected chi connectivity index (χ0v) is 18.5. The average Bonchev–Trinajstić information content (AvgIpc) is 2.47. The Balaban J connectivity index is 5.04. The van der Waals surface area contributed by atoms with E-state index in [4.69, 9.17) is 0 Å². The van der Waals surface area contributed by atoms with E-state index in [9.17, 15) is 0 Å². The molecule has 0 fully saturated rings. The van der Waals surface area contributed by atoms with Gasteiger partial charge >= 0.3 is 0 Å². The van der Waals surface area contributed by atoms with Crippen LogP contribution in [0.5, 0.6) is 0 Å². The largest absolute Gasteiger partial charge is 0.285 e. The molecule has 0 aromatic rings. The third-order valence-electron chi connectivity index (χ3n) is 4.96. The molecular formula is C18H44N2Si2. The Morgan fingerprint density at radius 1 is 0.409 bits per heavy atom. The van der Waals surface area contributed by atoms with Crippen molar-refractivity contribution >= 4 is 16.5 Å². The molecule has 134 valence electrons. The molecule has 0 bridgehead atoms. The number of nitrogens with one attached hydrogen (secondary N) is 2. The molecule has 0 spiro atoms. The number of hydrogen-bond acceptors (Lipinski definition) is 2. The second-order valence-corrected chi connectivity index (χ2v) is 15.9. The topological polar surface area (TPSA) is 24.1 Å². The second kappa shape index (κ2) is 12.7. The normalized spacial score (nSPS) is 12.8. The summed E-state index contributed by atoms with van der Waals surface area (Å²) in [5, 5.41) is 8.16. The quantitative estimate of drug-likeness (QED) is 0.264. The minimum atomic E-state index is -1.32. The zero-order chi connectivity index (χ0) is 16.9. The van der Waals surface area contributed by atoms with Crippen molar-refractivity contribution in [3.8, 4) is 0 Å². The van der Waals surface area contributed by atoms with Gasteiger partial charge in [-0.2, -0.15) is 0 Å². The van der Waals surface area contributed by atoms with E-state index in [1.165, 1.54) is 74.8 Å². The molecule has 0 aliphatic rings. The lowest BCUT2D eigenvalue weighted by molar-refractivity contribution is 0.743. The predicted octanol–water partition coefficient (Wildman–Crippen LogP) is 6.43. The summed E-state index contributed by atoms with van der Waals surface area (Å²) in [7, 11) is -2.64. The maximum Gasteiger partial charge on any atom is 0.140 e. The fourth-order valence-corrected chi connectivity index (χ4v) is 14.4. The van der Waals surface area contributed by atoms with Crippen LogP contribution in [0.15, 0.2) is 0 Å². The van der Waals surface area contributed by atoms with Gasteiger partial charge in [0.2, 0.25) is 0 Å². The van der Waals surface area contributed by atoms with Crippen LogP contribution < -0.4 is 10.2 Å². The molecule has 2 nitrogen and oxygen atoms in total. The van der Waals surface area contributed by atoms with Crippen LogP contribution in [-0.2, 0) is 0 Å². The molecule has 0 atom stereocenters. The highest BCUT2D eigenvalue weighted by Crippen LogP contribution is 2.26. The van der Waals surface area contributed by atoms with Crippen molar-refractivity contribution in [2.75, 3.05) is 0 Å². The SMILES string of the molecule is CCC[Si](CCC)(CCC)NN[Si](CCC)(CCC)CCC. The Labute approximate surface area is 143 Å². The third kappa shape index (κ3) is 7.76. The molecule has 0 radical (unpaired) electrons. The summed E-state index contributed by atoms with van der Waals surface area (Å²) in [6, 6.07) is 8.65. The van der Waals surface area contributed by atoms with Gasteiger partial charge in [0.1, 0.15) is 16.5 Å². The van der Waals surface area contributed by atoms with Crippen LogP contribution in [0.2, 0.25) is 36.3 Å². The molecule has 4 heteroatoms. The highest BCUT2D eigenvalue weighted by molar-refractivity contribution is 6.81. The van der Waals surface area contributed by atoms with E-state index in [-0.39, 0.29) is 0 Å². The maximum absolute atomic E-state index is 4.08. The second-order valence-electron chi connectivity index (χ2n) is 7.31. The van der Waals surface area contributed by atoms with E-state index in [0.717, 1.165) is 0 Å². The summed E-state index contributed by atoms with van der Waals surface area (Å²) in [5.41, 5.74) is 0. The van der Waals surface area contributed by atoms with E-state index >= 15 is 0 Å². The smallest absolute Gasteiger partial charge is 0.140 e. The first-order chi connectivity index (χ1) is 10.6. The molecule has 2 N–H and O–H groups in total. The van der Waals surface area contributed by atoms with Crippen LogP contribution in [0.1, 0.15) is 80.1 Å². The molecule has 22 heavy (non-hydrogen) atoms. The first-order valence-corrected chi connectivity index (χ1v) is 15.4. The Bertz CT molecular complexity index is 199. The van der Waals surface area contributed by atoms with Gasteiger partial charge in [0, 0.05) is 0 Å². The van der Waals surface area contributed by atoms with E-state index < -0.39 is 16.5 Å². The van der Waals surface area contributed by atoms with Crippen molar-refractivity contribution in [3.05, 3.63) is 0 Å². The van der Waals surface area contributed by atoms with Crippen molar-refractivity contribution in [2.45, 2.75) is 116 Å². The average molecular weight is 345 g/mol. The predicted molar refractivity (Wildman–Crippen MR) is 108 cm³/mol. The molecule has 0 aromatic carbocycles. The van der Waals surface area contributed by atoms with Crippen LogP contribution in [0.25, 0.3) is 0 Å². The van der Waals surface area contributed by atoms with Crippen molar-refractivity contribution in [2.24, 2.45) is 0 Å². The van der Waals surface area contributed by atoms with E-state index in [2.05, 4.69) is 51.7 Å². The van der Waals surface area contributed by atoms with Gasteiger partial charge in [-0.1, -0.05) is 80.1 Å². The number of rotatable bonds is 15.